The van der Waals surface area contributed by atoms with Gasteiger partial charge in [-0.3, -0.25) is 0 Å². The summed E-state index contributed by atoms with van der Waals surface area (Å²) < 4.78 is 32.8. The van der Waals surface area contributed by atoms with Crippen LogP contribution in [0.3, 0.4) is 0 Å². The van der Waals surface area contributed by atoms with Crippen LogP contribution in [0.15, 0.2) is 0 Å². The van der Waals surface area contributed by atoms with Crippen molar-refractivity contribution in [2.24, 2.45) is 0 Å². The molecule has 8 heteroatoms. The molecule has 102 valence electrons. The van der Waals surface area contributed by atoms with Crippen molar-refractivity contribution in [3.8, 4) is 0 Å². The molecule has 0 heterocycles. The summed E-state index contributed by atoms with van der Waals surface area (Å²) >= 11 is 0. The van der Waals surface area contributed by atoms with Crippen LogP contribution in [0.25, 0.3) is 0 Å². The van der Waals surface area contributed by atoms with Gasteiger partial charge in [-0.05, 0) is 6.42 Å². The summed E-state index contributed by atoms with van der Waals surface area (Å²) in [5, 5.41) is 0. The van der Waals surface area contributed by atoms with E-state index < -0.39 is 17.6 Å². The largest absolute Gasteiger partial charge is 0.503 e. The maximum Gasteiger partial charge on any atom is 0.503 e. The summed E-state index contributed by atoms with van der Waals surface area (Å²) in [5.74, 6) is 0. The molecule has 2 unspecified atom stereocenters. The zero-order valence-corrected chi connectivity index (χ0v) is 13.3. The van der Waals surface area contributed by atoms with Gasteiger partial charge < -0.3 is 26.6 Å². The molecule has 0 aromatic heterocycles. The van der Waals surface area contributed by atoms with Crippen LogP contribution in [0.2, 0.25) is 11.1 Å². The van der Waals surface area contributed by atoms with Crippen molar-refractivity contribution in [2.45, 2.75) is 17.5 Å². The highest BCUT2D eigenvalue weighted by Crippen LogP contribution is 2.62. The van der Waals surface area contributed by atoms with E-state index in [1.54, 1.807) is 42.7 Å². The lowest BCUT2D eigenvalue weighted by atomic mass is 11.0. The Morgan fingerprint density at radius 1 is 0.588 bits per heavy atom. The lowest BCUT2D eigenvalue weighted by Crippen LogP contribution is -2.48. The first-order valence-electron chi connectivity index (χ1n) is 5.40. The molecule has 0 amide bonds. The van der Waals surface area contributed by atoms with E-state index in [2.05, 4.69) is 0 Å². The van der Waals surface area contributed by atoms with Gasteiger partial charge in [-0.15, -0.1) is 0 Å². The van der Waals surface area contributed by atoms with Gasteiger partial charge in [0, 0.05) is 53.7 Å². The monoisotopic (exact) mass is 282 g/mol. The molecular weight excluding hydrogens is 260 g/mol. The topological polar surface area (TPSA) is 55.4 Å². The average molecular weight is 282 g/mol. The van der Waals surface area contributed by atoms with E-state index in [9.17, 15) is 0 Å². The van der Waals surface area contributed by atoms with Gasteiger partial charge in [-0.2, -0.15) is 0 Å². The molecule has 0 saturated heterocycles. The van der Waals surface area contributed by atoms with Gasteiger partial charge in [0.1, 0.15) is 0 Å². The van der Waals surface area contributed by atoms with Gasteiger partial charge in [0.15, 0.2) is 0 Å². The fourth-order valence-corrected chi connectivity index (χ4v) is 8.73. The Hall–Kier alpha value is 0.194. The van der Waals surface area contributed by atoms with Crippen LogP contribution in [0.4, 0.5) is 0 Å². The number of hydrogen-bond donors (Lipinski definition) is 0. The van der Waals surface area contributed by atoms with Crippen molar-refractivity contribution >= 4 is 17.6 Å². The Bertz CT molecular complexity index is 203. The first-order chi connectivity index (χ1) is 8.09. The summed E-state index contributed by atoms with van der Waals surface area (Å²) in [6.45, 7) is 0. The first kappa shape index (κ1) is 15.3. The van der Waals surface area contributed by atoms with E-state index in [4.69, 9.17) is 26.6 Å². The molecule has 2 atom stereocenters. The van der Waals surface area contributed by atoms with E-state index in [0.29, 0.717) is 0 Å². The Labute approximate surface area is 105 Å². The molecule has 17 heavy (non-hydrogen) atoms. The van der Waals surface area contributed by atoms with E-state index in [-0.39, 0.29) is 11.1 Å². The molecule has 0 aliphatic heterocycles. The smallest absolute Gasteiger partial charge is 0.377 e. The third kappa shape index (κ3) is 2.49. The Morgan fingerprint density at radius 3 is 1.00 bits per heavy atom. The van der Waals surface area contributed by atoms with Crippen molar-refractivity contribution in [3.05, 3.63) is 0 Å². The predicted molar refractivity (Wildman–Crippen MR) is 65.7 cm³/mol. The van der Waals surface area contributed by atoms with Crippen LogP contribution < -0.4 is 0 Å². The van der Waals surface area contributed by atoms with E-state index in [1.807, 2.05) is 0 Å². The minimum atomic E-state index is -2.61. The third-order valence-corrected chi connectivity index (χ3v) is 10.2. The van der Waals surface area contributed by atoms with Crippen LogP contribution in [0, 0.1) is 0 Å². The molecular formula is C9H22O6Si2. The second-order valence-electron chi connectivity index (χ2n) is 3.88. The van der Waals surface area contributed by atoms with Crippen molar-refractivity contribution < 1.29 is 26.6 Å². The summed E-state index contributed by atoms with van der Waals surface area (Å²) in [5.41, 5.74) is 0.378. The number of rotatable bonds is 8. The van der Waals surface area contributed by atoms with Crippen LogP contribution in [-0.4, -0.2) is 60.3 Å². The highest BCUT2D eigenvalue weighted by atomic mass is 28.4. The highest BCUT2D eigenvalue weighted by Gasteiger charge is 2.70. The van der Waals surface area contributed by atoms with Crippen molar-refractivity contribution in [3.63, 3.8) is 0 Å². The molecule has 6 nitrogen and oxygen atoms in total. The quantitative estimate of drug-likeness (QED) is 0.616. The molecule has 0 radical (unpaired) electrons. The lowest BCUT2D eigenvalue weighted by molar-refractivity contribution is 0.109. The van der Waals surface area contributed by atoms with E-state index >= 15 is 0 Å². The van der Waals surface area contributed by atoms with Crippen molar-refractivity contribution in [1.29, 1.82) is 0 Å². The lowest BCUT2D eigenvalue weighted by Gasteiger charge is -2.28. The minimum Gasteiger partial charge on any atom is -0.377 e. The predicted octanol–water partition coefficient (Wildman–Crippen LogP) is 0.887. The first-order valence-corrected chi connectivity index (χ1v) is 9.01. The molecule has 0 bridgehead atoms. The highest BCUT2D eigenvalue weighted by molar-refractivity contribution is 6.71. The van der Waals surface area contributed by atoms with E-state index in [1.165, 1.54) is 0 Å². The van der Waals surface area contributed by atoms with Crippen LogP contribution in [-0.2, 0) is 26.6 Å². The minimum absolute atomic E-state index is 0.189. The van der Waals surface area contributed by atoms with Gasteiger partial charge >= 0.3 is 17.6 Å². The molecule has 1 saturated carbocycles. The Morgan fingerprint density at radius 2 is 0.824 bits per heavy atom. The van der Waals surface area contributed by atoms with Crippen LogP contribution in [0.1, 0.15) is 6.42 Å². The SMILES string of the molecule is CO[Si](OC)(OC)C1CC1[Si](OC)(OC)OC. The summed E-state index contributed by atoms with van der Waals surface area (Å²) in [4.78, 5) is 0. The van der Waals surface area contributed by atoms with Gasteiger partial charge in [-0.1, -0.05) is 0 Å². The zero-order valence-electron chi connectivity index (χ0n) is 11.3. The van der Waals surface area contributed by atoms with Crippen molar-refractivity contribution in [2.75, 3.05) is 42.7 Å². The number of hydrogen-bond acceptors (Lipinski definition) is 6. The molecule has 1 aliphatic rings. The average Bonchev–Trinajstić information content (AvgIpc) is 3.17. The van der Waals surface area contributed by atoms with Crippen LogP contribution in [0.5, 0.6) is 0 Å². The molecule has 0 aromatic rings. The van der Waals surface area contributed by atoms with Crippen LogP contribution >= 0.6 is 0 Å². The molecule has 0 spiro atoms. The van der Waals surface area contributed by atoms with E-state index in [0.717, 1.165) is 6.42 Å². The van der Waals surface area contributed by atoms with Crippen molar-refractivity contribution in [1.82, 2.24) is 0 Å². The Kier molecular flexibility index (Phi) is 5.28. The zero-order chi connectivity index (χ0) is 13.1. The maximum atomic E-state index is 5.47. The van der Waals surface area contributed by atoms with Gasteiger partial charge in [0.2, 0.25) is 0 Å². The third-order valence-electron chi connectivity index (χ3n) is 3.41. The molecule has 0 N–H and O–H groups in total. The summed E-state index contributed by atoms with van der Waals surface area (Å²) in [6, 6.07) is 0. The van der Waals surface area contributed by atoms with Gasteiger partial charge in [0.25, 0.3) is 0 Å². The molecule has 1 aliphatic carbocycles. The van der Waals surface area contributed by atoms with Gasteiger partial charge in [-0.25, -0.2) is 0 Å². The molecule has 1 fully saturated rings. The fourth-order valence-electron chi connectivity index (χ4n) is 2.38. The maximum absolute atomic E-state index is 5.47. The molecule has 1 rings (SSSR count). The fraction of sp³-hybridized carbons (Fsp3) is 1.00. The Balaban J connectivity index is 2.81. The standard InChI is InChI=1S/C9H22O6Si2/c1-10-16(11-2,12-3)8-7-9(8)17(13-4,14-5)15-6/h8-9H,7H2,1-6H3. The summed E-state index contributed by atoms with van der Waals surface area (Å²) in [6.07, 6.45) is 0.892. The summed E-state index contributed by atoms with van der Waals surface area (Å²) in [7, 11) is 4.47. The normalized spacial score (nSPS) is 25.1. The second-order valence-corrected chi connectivity index (χ2v) is 10.2. The molecule has 0 aromatic carbocycles. The second kappa shape index (κ2) is 5.89. The van der Waals surface area contributed by atoms with Gasteiger partial charge in [0.05, 0.1) is 0 Å².